The summed E-state index contributed by atoms with van der Waals surface area (Å²) in [6.45, 7) is 9.42. The highest BCUT2D eigenvalue weighted by Crippen LogP contribution is 2.26. The summed E-state index contributed by atoms with van der Waals surface area (Å²) >= 11 is 0. The Morgan fingerprint density at radius 3 is 2.14 bits per heavy atom. The van der Waals surface area contributed by atoms with Crippen LogP contribution in [-0.2, 0) is 26.2 Å². The number of sulfonamides is 1. The smallest absolute Gasteiger partial charge is 0.264 e. The third kappa shape index (κ3) is 6.77. The number of aryl methyl sites for hydroxylation is 3. The van der Waals surface area contributed by atoms with Gasteiger partial charge in [0.15, 0.2) is 0 Å². The Hall–Kier alpha value is -3.65. The number of hydrogen-bond donors (Lipinski definition) is 1. The molecule has 1 N–H and O–H groups in total. The SMILES string of the molecule is CCNC(=O)C(C)N(Cc1ccc(C)cc1)C(=O)CN(c1ccc(C)c(C)c1)S(=O)(=O)c1ccccc1. The molecule has 2 amide bonds. The summed E-state index contributed by atoms with van der Waals surface area (Å²) in [5.41, 5.74) is 4.23. The second-order valence-electron chi connectivity index (χ2n) is 9.17. The monoisotopic (exact) mass is 521 g/mol. The van der Waals surface area contributed by atoms with Crippen LogP contribution >= 0.6 is 0 Å². The molecule has 3 rings (SSSR count). The van der Waals surface area contributed by atoms with Crippen LogP contribution in [0.1, 0.15) is 36.1 Å². The first kappa shape index (κ1) is 27.9. The molecule has 8 heteroatoms. The van der Waals surface area contributed by atoms with Crippen molar-refractivity contribution in [3.63, 3.8) is 0 Å². The van der Waals surface area contributed by atoms with Crippen LogP contribution < -0.4 is 9.62 Å². The van der Waals surface area contributed by atoms with E-state index >= 15 is 0 Å². The summed E-state index contributed by atoms with van der Waals surface area (Å²) in [4.78, 5) is 28.1. The molecule has 7 nitrogen and oxygen atoms in total. The van der Waals surface area contributed by atoms with Gasteiger partial charge in [0.2, 0.25) is 11.8 Å². The summed E-state index contributed by atoms with van der Waals surface area (Å²) in [6, 6.07) is 20.2. The van der Waals surface area contributed by atoms with E-state index < -0.39 is 28.5 Å². The van der Waals surface area contributed by atoms with Gasteiger partial charge in [-0.25, -0.2) is 8.42 Å². The van der Waals surface area contributed by atoms with Crippen LogP contribution in [-0.4, -0.2) is 44.3 Å². The predicted octanol–water partition coefficient (Wildman–Crippen LogP) is 4.36. The highest BCUT2D eigenvalue weighted by Gasteiger charge is 2.32. The van der Waals surface area contributed by atoms with Crippen LogP contribution in [0.15, 0.2) is 77.7 Å². The minimum absolute atomic E-state index is 0.0860. The van der Waals surface area contributed by atoms with E-state index in [2.05, 4.69) is 5.32 Å². The van der Waals surface area contributed by atoms with E-state index in [1.807, 2.05) is 58.0 Å². The van der Waals surface area contributed by atoms with E-state index in [-0.39, 0.29) is 17.3 Å². The molecule has 0 aliphatic heterocycles. The maximum Gasteiger partial charge on any atom is 0.264 e. The molecule has 1 atom stereocenters. The lowest BCUT2D eigenvalue weighted by Crippen LogP contribution is -2.51. The van der Waals surface area contributed by atoms with Gasteiger partial charge in [-0.1, -0.05) is 54.1 Å². The maximum absolute atomic E-state index is 13.8. The van der Waals surface area contributed by atoms with E-state index in [9.17, 15) is 18.0 Å². The van der Waals surface area contributed by atoms with Crippen LogP contribution in [0.4, 0.5) is 5.69 Å². The molecule has 0 saturated carbocycles. The largest absolute Gasteiger partial charge is 0.355 e. The Morgan fingerprint density at radius 2 is 1.54 bits per heavy atom. The standard InChI is InChI=1S/C29H35N3O4S/c1-6-30-29(34)24(5)31(19-25-15-12-21(2)13-16-25)28(33)20-32(26-17-14-22(3)23(4)18-26)37(35,36)27-10-8-7-9-11-27/h7-18,24H,6,19-20H2,1-5H3,(H,30,34). The Bertz CT molecular complexity index is 1340. The molecule has 0 saturated heterocycles. The molecule has 0 aliphatic rings. The zero-order valence-electron chi connectivity index (χ0n) is 22.1. The number of anilines is 1. The summed E-state index contributed by atoms with van der Waals surface area (Å²) in [7, 11) is -4.06. The van der Waals surface area contributed by atoms with Gasteiger partial charge in [-0.05, 0) is 75.6 Å². The molecule has 3 aromatic rings. The lowest BCUT2D eigenvalue weighted by molar-refractivity contribution is -0.139. The van der Waals surface area contributed by atoms with Crippen molar-refractivity contribution >= 4 is 27.5 Å². The fraction of sp³-hybridized carbons (Fsp3) is 0.310. The molecule has 0 heterocycles. The van der Waals surface area contributed by atoms with Gasteiger partial charge in [0.1, 0.15) is 12.6 Å². The minimum Gasteiger partial charge on any atom is -0.355 e. The molecule has 0 spiro atoms. The number of carbonyl (C=O) groups is 2. The normalized spacial score (nSPS) is 12.0. The molecule has 1 unspecified atom stereocenters. The van der Waals surface area contributed by atoms with E-state index in [1.165, 1.54) is 17.0 Å². The van der Waals surface area contributed by atoms with Crippen LogP contribution in [0.2, 0.25) is 0 Å². The van der Waals surface area contributed by atoms with Gasteiger partial charge in [0, 0.05) is 13.1 Å². The summed E-state index contributed by atoms with van der Waals surface area (Å²) in [5, 5.41) is 2.77. The third-order valence-corrected chi connectivity index (χ3v) is 8.17. The second kappa shape index (κ2) is 12.1. The molecule has 196 valence electrons. The topological polar surface area (TPSA) is 86.8 Å². The van der Waals surface area contributed by atoms with Crippen LogP contribution in [0.5, 0.6) is 0 Å². The summed E-state index contributed by atoms with van der Waals surface area (Å²) < 4.78 is 28.7. The number of nitrogens with one attached hydrogen (secondary N) is 1. The lowest BCUT2D eigenvalue weighted by Gasteiger charge is -2.32. The first-order valence-electron chi connectivity index (χ1n) is 12.3. The summed E-state index contributed by atoms with van der Waals surface area (Å²) in [5.74, 6) is -0.774. The van der Waals surface area contributed by atoms with Crippen molar-refractivity contribution in [2.24, 2.45) is 0 Å². The van der Waals surface area contributed by atoms with Gasteiger partial charge in [-0.15, -0.1) is 0 Å². The number of likely N-dealkylation sites (N-methyl/N-ethyl adjacent to an activating group) is 1. The Kier molecular flexibility index (Phi) is 9.10. The van der Waals surface area contributed by atoms with Crippen LogP contribution in [0.3, 0.4) is 0 Å². The van der Waals surface area contributed by atoms with E-state index in [0.29, 0.717) is 12.2 Å². The third-order valence-electron chi connectivity index (χ3n) is 6.38. The maximum atomic E-state index is 13.8. The van der Waals surface area contributed by atoms with Gasteiger partial charge in [0.25, 0.3) is 10.0 Å². The van der Waals surface area contributed by atoms with Crippen LogP contribution in [0, 0.1) is 20.8 Å². The summed E-state index contributed by atoms with van der Waals surface area (Å²) in [6.07, 6.45) is 0. The van der Waals surface area contributed by atoms with Crippen LogP contribution in [0.25, 0.3) is 0 Å². The fourth-order valence-electron chi connectivity index (χ4n) is 3.92. The number of benzene rings is 3. The Morgan fingerprint density at radius 1 is 0.892 bits per heavy atom. The van der Waals surface area contributed by atoms with Crippen molar-refractivity contribution in [2.75, 3.05) is 17.4 Å². The second-order valence-corrected chi connectivity index (χ2v) is 11.0. The number of amides is 2. The number of rotatable bonds is 10. The van der Waals surface area contributed by atoms with Gasteiger partial charge >= 0.3 is 0 Å². The van der Waals surface area contributed by atoms with Gasteiger partial charge in [-0.3, -0.25) is 13.9 Å². The molecule has 0 aliphatic carbocycles. The van der Waals surface area contributed by atoms with Crippen molar-refractivity contribution in [1.82, 2.24) is 10.2 Å². The lowest BCUT2D eigenvalue weighted by atomic mass is 10.1. The van der Waals surface area contributed by atoms with E-state index in [4.69, 9.17) is 0 Å². The molecule has 0 radical (unpaired) electrons. The molecular formula is C29H35N3O4S. The van der Waals surface area contributed by atoms with Crippen molar-refractivity contribution < 1.29 is 18.0 Å². The first-order chi connectivity index (χ1) is 17.5. The number of carbonyl (C=O) groups excluding carboxylic acids is 2. The molecule has 0 bridgehead atoms. The average Bonchev–Trinajstić information content (AvgIpc) is 2.88. The van der Waals surface area contributed by atoms with Crippen molar-refractivity contribution in [1.29, 1.82) is 0 Å². The zero-order chi connectivity index (χ0) is 27.2. The van der Waals surface area contributed by atoms with Gasteiger partial charge in [-0.2, -0.15) is 0 Å². The number of nitrogens with zero attached hydrogens (tertiary/aromatic N) is 2. The average molecular weight is 522 g/mol. The molecule has 37 heavy (non-hydrogen) atoms. The Balaban J connectivity index is 2.03. The molecule has 3 aromatic carbocycles. The van der Waals surface area contributed by atoms with Gasteiger partial charge in [0.05, 0.1) is 10.6 Å². The van der Waals surface area contributed by atoms with Gasteiger partial charge < -0.3 is 10.2 Å². The fourth-order valence-corrected chi connectivity index (χ4v) is 5.35. The predicted molar refractivity (Wildman–Crippen MR) is 147 cm³/mol. The van der Waals surface area contributed by atoms with Crippen molar-refractivity contribution in [2.45, 2.75) is 52.1 Å². The number of hydrogen-bond acceptors (Lipinski definition) is 4. The zero-order valence-corrected chi connectivity index (χ0v) is 22.9. The first-order valence-corrected chi connectivity index (χ1v) is 13.8. The molecule has 0 aromatic heterocycles. The highest BCUT2D eigenvalue weighted by atomic mass is 32.2. The Labute approximate surface area is 220 Å². The van der Waals surface area contributed by atoms with E-state index in [0.717, 1.165) is 26.6 Å². The van der Waals surface area contributed by atoms with Crippen molar-refractivity contribution in [3.8, 4) is 0 Å². The quantitative estimate of drug-likeness (QED) is 0.430. The van der Waals surface area contributed by atoms with Crippen molar-refractivity contribution in [3.05, 3.63) is 95.1 Å². The van der Waals surface area contributed by atoms with E-state index in [1.54, 1.807) is 37.3 Å². The minimum atomic E-state index is -4.06. The molecule has 0 fully saturated rings. The highest BCUT2D eigenvalue weighted by molar-refractivity contribution is 7.92. The molecular weight excluding hydrogens is 486 g/mol.